The van der Waals surface area contributed by atoms with Crippen LogP contribution in [0.5, 0.6) is 0 Å². The lowest BCUT2D eigenvalue weighted by molar-refractivity contribution is 0.0669. The van der Waals surface area contributed by atoms with Crippen LogP contribution in [-0.2, 0) is 22.9 Å². The summed E-state index contributed by atoms with van der Waals surface area (Å²) < 4.78 is 33.7. The third-order valence-electron chi connectivity index (χ3n) is 6.30. The summed E-state index contributed by atoms with van der Waals surface area (Å²) in [5.74, 6) is 1.06. The molecular formula is C28H57O6PS. The number of ether oxygens (including phenoxy) is 1. The molecule has 3 unspecified atom stereocenters. The van der Waals surface area contributed by atoms with E-state index in [9.17, 15) is 9.36 Å². The van der Waals surface area contributed by atoms with Crippen molar-refractivity contribution in [1.29, 1.82) is 0 Å². The maximum Gasteiger partial charge on any atom is 0.534 e. The van der Waals surface area contributed by atoms with Gasteiger partial charge in [-0.25, -0.2) is 9.36 Å². The van der Waals surface area contributed by atoms with Crippen molar-refractivity contribution in [2.24, 2.45) is 0 Å². The zero-order chi connectivity index (χ0) is 26.9. The second-order valence-electron chi connectivity index (χ2n) is 9.78. The predicted molar refractivity (Wildman–Crippen MR) is 154 cm³/mol. The van der Waals surface area contributed by atoms with Crippen LogP contribution in [0.1, 0.15) is 143 Å². The molecule has 0 fully saturated rings. The van der Waals surface area contributed by atoms with Crippen molar-refractivity contribution in [2.75, 3.05) is 19.5 Å². The number of phosphoric acid groups is 1. The van der Waals surface area contributed by atoms with Crippen molar-refractivity contribution in [1.82, 2.24) is 0 Å². The Morgan fingerprint density at radius 1 is 0.750 bits per heavy atom. The van der Waals surface area contributed by atoms with E-state index in [0.29, 0.717) is 6.42 Å². The lowest BCUT2D eigenvalue weighted by Gasteiger charge is -2.27. The Morgan fingerprint density at radius 2 is 1.25 bits per heavy atom. The molecule has 0 heterocycles. The van der Waals surface area contributed by atoms with E-state index in [1.54, 1.807) is 0 Å². The highest BCUT2D eigenvalue weighted by molar-refractivity contribution is 7.99. The molecule has 0 rings (SSSR count). The lowest BCUT2D eigenvalue weighted by Crippen LogP contribution is -2.24. The second-order valence-corrected chi connectivity index (χ2v) is 12.7. The summed E-state index contributed by atoms with van der Waals surface area (Å²) in [5, 5.41) is 0.176. The van der Waals surface area contributed by atoms with E-state index in [0.717, 1.165) is 18.6 Å². The molecule has 0 aromatic heterocycles. The van der Waals surface area contributed by atoms with Crippen LogP contribution >= 0.6 is 19.6 Å². The van der Waals surface area contributed by atoms with Gasteiger partial charge in [-0.05, 0) is 31.9 Å². The molecule has 0 bridgehead atoms. The van der Waals surface area contributed by atoms with Gasteiger partial charge < -0.3 is 9.26 Å². The summed E-state index contributed by atoms with van der Waals surface area (Å²) >= 11 is 1.89. The van der Waals surface area contributed by atoms with Gasteiger partial charge in [-0.2, -0.15) is 11.8 Å². The first-order valence-electron chi connectivity index (χ1n) is 14.7. The summed E-state index contributed by atoms with van der Waals surface area (Å²) in [6.45, 7) is 8.48. The Labute approximate surface area is 227 Å². The zero-order valence-electron chi connectivity index (χ0n) is 24.1. The minimum atomic E-state index is -4.03. The minimum Gasteiger partial charge on any atom is -0.437 e. The van der Waals surface area contributed by atoms with Crippen LogP contribution in [0.3, 0.4) is 0 Å². The number of hydrogen-bond donors (Lipinski definition) is 0. The Balaban J connectivity index is 4.54. The van der Waals surface area contributed by atoms with Crippen LogP contribution in [0.2, 0.25) is 0 Å². The van der Waals surface area contributed by atoms with Crippen LogP contribution in [0.25, 0.3) is 0 Å². The second kappa shape index (κ2) is 25.1. The Hall–Kier alpha value is -0.230. The largest absolute Gasteiger partial charge is 0.534 e. The van der Waals surface area contributed by atoms with Gasteiger partial charge in [-0.15, -0.1) is 0 Å². The van der Waals surface area contributed by atoms with Crippen molar-refractivity contribution in [3.63, 3.8) is 0 Å². The standard InChI is InChI=1S/C28H57O6PS/c1-6-9-11-13-14-15-16-17-18-20-22-25-36-27(23-21-19-12-10-7-2)26(4)33-35(30,32-24-8-3)34-28(29)31-5/h26-27H,6-25H2,1-5H3. The van der Waals surface area contributed by atoms with Gasteiger partial charge in [0.1, 0.15) is 0 Å². The topological polar surface area (TPSA) is 71.1 Å². The molecule has 36 heavy (non-hydrogen) atoms. The van der Waals surface area contributed by atoms with E-state index >= 15 is 0 Å². The summed E-state index contributed by atoms with van der Waals surface area (Å²) in [6, 6.07) is 0. The first-order chi connectivity index (χ1) is 17.4. The van der Waals surface area contributed by atoms with Gasteiger partial charge in [0.15, 0.2) is 0 Å². The monoisotopic (exact) mass is 552 g/mol. The molecule has 6 nitrogen and oxygen atoms in total. The Bertz CT molecular complexity index is 548. The molecule has 0 saturated carbocycles. The molecule has 0 aliphatic heterocycles. The van der Waals surface area contributed by atoms with E-state index in [4.69, 9.17) is 13.6 Å². The SMILES string of the molecule is CCCCCCCCCCCCCSC(CCCCCCC)C(C)OP(=O)(OCCC)OC(=O)OC. The van der Waals surface area contributed by atoms with Crippen molar-refractivity contribution >= 4 is 25.7 Å². The van der Waals surface area contributed by atoms with Crippen LogP contribution in [0.15, 0.2) is 0 Å². The van der Waals surface area contributed by atoms with Gasteiger partial charge in [0.2, 0.25) is 0 Å². The van der Waals surface area contributed by atoms with E-state index in [1.165, 1.54) is 103 Å². The molecule has 0 radical (unpaired) electrons. The highest BCUT2D eigenvalue weighted by Gasteiger charge is 2.36. The van der Waals surface area contributed by atoms with Crippen molar-refractivity contribution in [3.8, 4) is 0 Å². The molecule has 0 amide bonds. The highest BCUT2D eigenvalue weighted by atomic mass is 32.2. The lowest BCUT2D eigenvalue weighted by atomic mass is 10.1. The first kappa shape index (κ1) is 35.8. The van der Waals surface area contributed by atoms with Crippen LogP contribution in [-0.4, -0.2) is 37.0 Å². The summed E-state index contributed by atoms with van der Waals surface area (Å²) in [4.78, 5) is 11.6. The molecule has 3 atom stereocenters. The fourth-order valence-corrected chi connectivity index (χ4v) is 6.87. The van der Waals surface area contributed by atoms with Crippen molar-refractivity contribution in [3.05, 3.63) is 0 Å². The maximum atomic E-state index is 13.1. The van der Waals surface area contributed by atoms with E-state index < -0.39 is 14.0 Å². The molecule has 0 spiro atoms. The Kier molecular flexibility index (Phi) is 24.9. The van der Waals surface area contributed by atoms with Gasteiger partial charge in [-0.1, -0.05) is 117 Å². The predicted octanol–water partition coefficient (Wildman–Crippen LogP) is 10.5. The number of unbranched alkanes of at least 4 members (excludes halogenated alkanes) is 14. The number of phosphoric ester groups is 1. The molecule has 216 valence electrons. The molecule has 8 heteroatoms. The van der Waals surface area contributed by atoms with Gasteiger partial charge in [0.25, 0.3) is 0 Å². The number of carbonyl (C=O) groups excluding carboxylic acids is 1. The quantitative estimate of drug-likeness (QED) is 0.0600. The zero-order valence-corrected chi connectivity index (χ0v) is 25.8. The summed E-state index contributed by atoms with van der Waals surface area (Å²) in [6.07, 6.45) is 20.9. The third-order valence-corrected chi connectivity index (χ3v) is 9.33. The Morgan fingerprint density at radius 3 is 1.75 bits per heavy atom. The fourth-order valence-electron chi connectivity index (χ4n) is 4.09. The molecule has 0 N–H and O–H groups in total. The fraction of sp³-hybridized carbons (Fsp3) is 0.964. The van der Waals surface area contributed by atoms with E-state index in [1.807, 2.05) is 25.6 Å². The molecule has 0 aromatic carbocycles. The van der Waals surface area contributed by atoms with E-state index in [2.05, 4.69) is 18.6 Å². The molecule has 0 aromatic rings. The average molecular weight is 553 g/mol. The van der Waals surface area contributed by atoms with Gasteiger partial charge in [0, 0.05) is 5.25 Å². The first-order valence-corrected chi connectivity index (χ1v) is 17.2. The molecule has 0 aliphatic rings. The van der Waals surface area contributed by atoms with Gasteiger partial charge in [-0.3, -0.25) is 9.05 Å². The summed E-state index contributed by atoms with van der Waals surface area (Å²) in [5.41, 5.74) is 0. The number of rotatable bonds is 26. The van der Waals surface area contributed by atoms with Gasteiger partial charge >= 0.3 is 14.0 Å². The smallest absolute Gasteiger partial charge is 0.437 e. The van der Waals surface area contributed by atoms with Crippen LogP contribution in [0, 0.1) is 0 Å². The highest BCUT2D eigenvalue weighted by Crippen LogP contribution is 2.52. The summed E-state index contributed by atoms with van der Waals surface area (Å²) in [7, 11) is -2.85. The third kappa shape index (κ3) is 20.8. The normalized spacial score (nSPS) is 14.8. The van der Waals surface area contributed by atoms with Crippen LogP contribution in [0.4, 0.5) is 4.79 Å². The van der Waals surface area contributed by atoms with E-state index in [-0.39, 0.29) is 18.0 Å². The number of thioether (sulfide) groups is 1. The van der Waals surface area contributed by atoms with Gasteiger partial charge in [0.05, 0.1) is 19.8 Å². The molecule has 0 saturated heterocycles. The number of hydrogen-bond acceptors (Lipinski definition) is 7. The maximum absolute atomic E-state index is 13.1. The molecular weight excluding hydrogens is 495 g/mol. The minimum absolute atomic E-state index is 0.176. The number of methoxy groups -OCH3 is 1. The van der Waals surface area contributed by atoms with Crippen molar-refractivity contribution in [2.45, 2.75) is 155 Å². The molecule has 0 aliphatic carbocycles. The van der Waals surface area contributed by atoms with Crippen LogP contribution < -0.4 is 0 Å². The average Bonchev–Trinajstić information content (AvgIpc) is 2.86. The van der Waals surface area contributed by atoms with Crippen molar-refractivity contribution < 1.29 is 27.7 Å². The number of carbonyl (C=O) groups is 1.